The van der Waals surface area contributed by atoms with E-state index in [1.165, 1.54) is 0 Å². The minimum absolute atomic E-state index is 0.307. The quantitative estimate of drug-likeness (QED) is 0.754. The van der Waals surface area contributed by atoms with Gasteiger partial charge in [-0.05, 0) is 65.2 Å². The Morgan fingerprint density at radius 2 is 2.00 bits per heavy atom. The first-order valence-corrected chi connectivity index (χ1v) is 9.88. The van der Waals surface area contributed by atoms with Crippen LogP contribution in [0.25, 0.3) is 0 Å². The van der Waals surface area contributed by atoms with Crippen LogP contribution in [0.2, 0.25) is 5.02 Å². The average molecular weight is 395 g/mol. The molecule has 0 spiro atoms. The summed E-state index contributed by atoms with van der Waals surface area (Å²) in [4.78, 5) is 0.307. The largest absolute Gasteiger partial charge is 0.243 e. The molecule has 1 heterocycles. The Morgan fingerprint density at radius 1 is 1.29 bits per heavy atom. The van der Waals surface area contributed by atoms with Crippen LogP contribution in [0.3, 0.4) is 0 Å². The van der Waals surface area contributed by atoms with Gasteiger partial charge in [0.2, 0.25) is 10.0 Å². The van der Waals surface area contributed by atoms with Crippen molar-refractivity contribution in [2.75, 3.05) is 13.1 Å². The Morgan fingerprint density at radius 3 is 2.62 bits per heavy atom. The number of hydrogen-bond acceptors (Lipinski definition) is 2. The zero-order valence-corrected chi connectivity index (χ0v) is 15.5. The fourth-order valence-electron chi connectivity index (χ4n) is 2.79. The van der Waals surface area contributed by atoms with Gasteiger partial charge < -0.3 is 0 Å². The maximum Gasteiger partial charge on any atom is 0.243 e. The molecule has 0 bridgehead atoms. The molecule has 0 N–H and O–H groups in total. The molecular formula is C15H21BrClNO2S. The first kappa shape index (κ1) is 17.3. The van der Waals surface area contributed by atoms with Crippen LogP contribution in [-0.2, 0) is 10.0 Å². The summed E-state index contributed by atoms with van der Waals surface area (Å²) in [5, 5.41) is 0.518. The summed E-state index contributed by atoms with van der Waals surface area (Å²) in [6.45, 7) is 5.63. The fraction of sp³-hybridized carbons (Fsp3) is 0.600. The number of benzene rings is 1. The molecule has 0 saturated carbocycles. The highest BCUT2D eigenvalue weighted by molar-refractivity contribution is 9.10. The lowest BCUT2D eigenvalue weighted by molar-refractivity contribution is 0.341. The Kier molecular flexibility index (Phi) is 5.74. The first-order chi connectivity index (χ1) is 9.82. The van der Waals surface area contributed by atoms with Crippen molar-refractivity contribution in [3.8, 4) is 0 Å². The van der Waals surface area contributed by atoms with Gasteiger partial charge in [-0.2, -0.15) is 4.31 Å². The Bertz CT molecular complexity index is 604. The molecule has 1 aliphatic heterocycles. The van der Waals surface area contributed by atoms with Gasteiger partial charge in [-0.3, -0.25) is 0 Å². The van der Waals surface area contributed by atoms with E-state index in [0.717, 1.165) is 19.3 Å². The van der Waals surface area contributed by atoms with Crippen LogP contribution in [0.1, 0.15) is 33.1 Å². The van der Waals surface area contributed by atoms with Crippen LogP contribution in [0, 0.1) is 11.8 Å². The van der Waals surface area contributed by atoms with Crippen molar-refractivity contribution >= 4 is 37.6 Å². The lowest BCUT2D eigenvalue weighted by Gasteiger charge is -2.21. The molecule has 6 heteroatoms. The maximum absolute atomic E-state index is 12.7. The van der Waals surface area contributed by atoms with Gasteiger partial charge in [0.1, 0.15) is 0 Å². The summed E-state index contributed by atoms with van der Waals surface area (Å²) >= 11 is 9.23. The molecule has 1 fully saturated rings. The fourth-order valence-corrected chi connectivity index (χ4v) is 4.96. The molecule has 0 aromatic heterocycles. The molecule has 0 amide bonds. The normalized spacial score (nSPS) is 21.5. The molecular weight excluding hydrogens is 374 g/mol. The molecule has 2 rings (SSSR count). The molecule has 0 aliphatic carbocycles. The lowest BCUT2D eigenvalue weighted by Crippen LogP contribution is -2.32. The standard InChI is InChI=1S/C15H21BrClNO2S/c1-11(2)12-4-3-8-18(9-7-12)21(19,20)13-5-6-15(17)14(16)10-13/h5-6,10-12H,3-4,7-9H2,1-2H3. The summed E-state index contributed by atoms with van der Waals surface area (Å²) in [7, 11) is -3.43. The van der Waals surface area contributed by atoms with Crippen LogP contribution in [0.4, 0.5) is 0 Å². The van der Waals surface area contributed by atoms with Crippen molar-refractivity contribution in [3.63, 3.8) is 0 Å². The van der Waals surface area contributed by atoms with Crippen molar-refractivity contribution in [2.45, 2.75) is 38.0 Å². The lowest BCUT2D eigenvalue weighted by atomic mass is 9.89. The molecule has 1 saturated heterocycles. The highest BCUT2D eigenvalue weighted by atomic mass is 79.9. The van der Waals surface area contributed by atoms with Gasteiger partial charge in [0.25, 0.3) is 0 Å². The Labute approximate surface area is 140 Å². The van der Waals surface area contributed by atoms with Gasteiger partial charge in [-0.25, -0.2) is 8.42 Å². The van der Waals surface area contributed by atoms with Crippen molar-refractivity contribution in [3.05, 3.63) is 27.7 Å². The average Bonchev–Trinajstić information content (AvgIpc) is 2.68. The highest BCUT2D eigenvalue weighted by Crippen LogP contribution is 2.30. The van der Waals surface area contributed by atoms with Gasteiger partial charge in [-0.1, -0.05) is 25.4 Å². The predicted molar refractivity (Wildman–Crippen MR) is 90.1 cm³/mol. The zero-order valence-electron chi connectivity index (χ0n) is 12.4. The number of rotatable bonds is 3. The summed E-state index contributed by atoms with van der Waals surface area (Å²) in [6, 6.07) is 4.78. The van der Waals surface area contributed by atoms with Gasteiger partial charge >= 0.3 is 0 Å². The summed E-state index contributed by atoms with van der Waals surface area (Å²) in [5.74, 6) is 1.22. The molecule has 3 nitrogen and oxygen atoms in total. The molecule has 1 atom stereocenters. The second-order valence-electron chi connectivity index (χ2n) is 5.92. The second-order valence-corrected chi connectivity index (χ2v) is 9.11. The zero-order chi connectivity index (χ0) is 15.6. The molecule has 1 aromatic carbocycles. The summed E-state index contributed by atoms with van der Waals surface area (Å²) in [6.07, 6.45) is 2.97. The SMILES string of the molecule is CC(C)C1CCCN(S(=O)(=O)c2ccc(Cl)c(Br)c2)CC1. The van der Waals surface area contributed by atoms with E-state index in [4.69, 9.17) is 11.6 Å². The maximum atomic E-state index is 12.7. The van der Waals surface area contributed by atoms with Crippen LogP contribution in [0.5, 0.6) is 0 Å². The van der Waals surface area contributed by atoms with E-state index in [-0.39, 0.29) is 0 Å². The van der Waals surface area contributed by atoms with Crippen molar-refractivity contribution < 1.29 is 8.42 Å². The van der Waals surface area contributed by atoms with Crippen molar-refractivity contribution in [1.82, 2.24) is 4.31 Å². The number of nitrogens with zero attached hydrogens (tertiary/aromatic N) is 1. The minimum atomic E-state index is -3.43. The van der Waals surface area contributed by atoms with Crippen molar-refractivity contribution in [1.29, 1.82) is 0 Å². The molecule has 1 unspecified atom stereocenters. The minimum Gasteiger partial charge on any atom is -0.207 e. The number of sulfonamides is 1. The third-order valence-corrected chi connectivity index (χ3v) is 7.31. The molecule has 1 aliphatic rings. The number of hydrogen-bond donors (Lipinski definition) is 0. The van der Waals surface area contributed by atoms with Crippen LogP contribution < -0.4 is 0 Å². The Balaban J connectivity index is 2.21. The molecule has 1 aromatic rings. The Hall–Kier alpha value is -0.100. The van der Waals surface area contributed by atoms with E-state index in [1.54, 1.807) is 22.5 Å². The molecule has 118 valence electrons. The van der Waals surface area contributed by atoms with Gasteiger partial charge in [-0.15, -0.1) is 0 Å². The van der Waals surface area contributed by atoms with E-state index in [0.29, 0.717) is 39.3 Å². The van der Waals surface area contributed by atoms with E-state index < -0.39 is 10.0 Å². The highest BCUT2D eigenvalue weighted by Gasteiger charge is 2.28. The predicted octanol–water partition coefficient (Wildman–Crippen LogP) is 4.55. The van der Waals surface area contributed by atoms with E-state index in [9.17, 15) is 8.42 Å². The van der Waals surface area contributed by atoms with Crippen molar-refractivity contribution in [2.24, 2.45) is 11.8 Å². The third kappa shape index (κ3) is 4.01. The van der Waals surface area contributed by atoms with Crippen LogP contribution in [0.15, 0.2) is 27.6 Å². The van der Waals surface area contributed by atoms with Crippen LogP contribution >= 0.6 is 27.5 Å². The monoisotopic (exact) mass is 393 g/mol. The topological polar surface area (TPSA) is 37.4 Å². The third-order valence-electron chi connectivity index (χ3n) is 4.20. The van der Waals surface area contributed by atoms with Gasteiger partial charge in [0.05, 0.1) is 9.92 Å². The van der Waals surface area contributed by atoms with Crippen LogP contribution in [-0.4, -0.2) is 25.8 Å². The van der Waals surface area contributed by atoms with E-state index in [2.05, 4.69) is 29.8 Å². The molecule has 0 radical (unpaired) electrons. The van der Waals surface area contributed by atoms with E-state index in [1.807, 2.05) is 0 Å². The number of halogens is 2. The smallest absolute Gasteiger partial charge is 0.207 e. The van der Waals surface area contributed by atoms with Gasteiger partial charge in [0.15, 0.2) is 0 Å². The summed E-state index contributed by atoms with van der Waals surface area (Å²) in [5.41, 5.74) is 0. The molecule has 21 heavy (non-hydrogen) atoms. The van der Waals surface area contributed by atoms with Gasteiger partial charge in [0, 0.05) is 17.6 Å². The first-order valence-electron chi connectivity index (χ1n) is 7.27. The summed E-state index contributed by atoms with van der Waals surface area (Å²) < 4.78 is 27.7. The second kappa shape index (κ2) is 6.99. The van der Waals surface area contributed by atoms with E-state index >= 15 is 0 Å².